The summed E-state index contributed by atoms with van der Waals surface area (Å²) in [4.78, 5) is 0. The summed E-state index contributed by atoms with van der Waals surface area (Å²) in [5.41, 5.74) is 1.43. The Labute approximate surface area is 91.3 Å². The molecule has 1 heterocycles. The van der Waals surface area contributed by atoms with Gasteiger partial charge in [-0.3, -0.25) is 0 Å². The number of hydrogen-bond acceptors (Lipinski definition) is 2. The van der Waals surface area contributed by atoms with Gasteiger partial charge < -0.3 is 10.4 Å². The van der Waals surface area contributed by atoms with E-state index in [4.69, 9.17) is 5.11 Å². The lowest BCUT2D eigenvalue weighted by atomic mass is 9.80. The van der Waals surface area contributed by atoms with Crippen molar-refractivity contribution in [2.45, 2.75) is 18.8 Å². The minimum absolute atomic E-state index is 0.301. The van der Waals surface area contributed by atoms with Crippen LogP contribution in [0, 0.1) is 5.92 Å². The third-order valence-corrected chi connectivity index (χ3v) is 3.34. The lowest BCUT2D eigenvalue weighted by Gasteiger charge is -2.32. The topological polar surface area (TPSA) is 32.3 Å². The Kier molecular flexibility index (Phi) is 3.75. The van der Waals surface area contributed by atoms with Gasteiger partial charge in [-0.25, -0.2) is 0 Å². The van der Waals surface area contributed by atoms with Crippen molar-refractivity contribution in [2.24, 2.45) is 5.92 Å². The lowest BCUT2D eigenvalue weighted by molar-refractivity contribution is 0.220. The molecule has 0 amide bonds. The molecule has 1 aliphatic rings. The molecular weight excluding hydrogens is 186 g/mol. The Morgan fingerprint density at radius 1 is 1.27 bits per heavy atom. The van der Waals surface area contributed by atoms with Crippen molar-refractivity contribution >= 4 is 0 Å². The van der Waals surface area contributed by atoms with Crippen molar-refractivity contribution in [1.82, 2.24) is 5.32 Å². The lowest BCUT2D eigenvalue weighted by Crippen LogP contribution is -2.35. The zero-order chi connectivity index (χ0) is 10.5. The quantitative estimate of drug-likeness (QED) is 0.788. The molecule has 2 unspecified atom stereocenters. The van der Waals surface area contributed by atoms with E-state index in [1.165, 1.54) is 12.0 Å². The minimum atomic E-state index is 0.301. The van der Waals surface area contributed by atoms with Crippen LogP contribution in [0.3, 0.4) is 0 Å². The maximum Gasteiger partial charge on any atom is 0.0434 e. The highest BCUT2D eigenvalue weighted by molar-refractivity contribution is 5.21. The molecule has 0 aromatic heterocycles. The Balaban J connectivity index is 2.11. The standard InChI is InChI=1S/C13H19NO/c15-9-7-12-10-14-8-6-13(12)11-4-2-1-3-5-11/h1-5,12-15H,6-10H2. The van der Waals surface area contributed by atoms with E-state index in [9.17, 15) is 0 Å². The molecule has 1 fully saturated rings. The molecule has 82 valence electrons. The predicted molar refractivity (Wildman–Crippen MR) is 61.9 cm³/mol. The Morgan fingerprint density at radius 2 is 2.07 bits per heavy atom. The maximum atomic E-state index is 9.06. The van der Waals surface area contributed by atoms with Crippen LogP contribution in [0.2, 0.25) is 0 Å². The Bertz CT molecular complexity index is 284. The summed E-state index contributed by atoms with van der Waals surface area (Å²) in [6, 6.07) is 10.7. The average Bonchev–Trinajstić information content (AvgIpc) is 2.31. The highest BCUT2D eigenvalue weighted by atomic mass is 16.3. The SMILES string of the molecule is OCCC1CNCCC1c1ccccc1. The van der Waals surface area contributed by atoms with E-state index in [-0.39, 0.29) is 0 Å². The molecule has 0 saturated carbocycles. The first kappa shape index (κ1) is 10.7. The van der Waals surface area contributed by atoms with Crippen molar-refractivity contribution in [3.8, 4) is 0 Å². The fourth-order valence-electron chi connectivity index (χ4n) is 2.53. The molecular formula is C13H19NO. The van der Waals surface area contributed by atoms with Gasteiger partial charge in [-0.05, 0) is 43.3 Å². The summed E-state index contributed by atoms with van der Waals surface area (Å²) in [5, 5.41) is 12.5. The van der Waals surface area contributed by atoms with Crippen LogP contribution in [0.1, 0.15) is 24.3 Å². The van der Waals surface area contributed by atoms with Crippen molar-refractivity contribution < 1.29 is 5.11 Å². The second kappa shape index (κ2) is 5.29. The van der Waals surface area contributed by atoms with Gasteiger partial charge in [-0.1, -0.05) is 30.3 Å². The fourth-order valence-corrected chi connectivity index (χ4v) is 2.53. The number of piperidine rings is 1. The maximum absolute atomic E-state index is 9.06. The molecule has 2 atom stereocenters. The van der Waals surface area contributed by atoms with Crippen LogP contribution in [0.15, 0.2) is 30.3 Å². The molecule has 2 rings (SSSR count). The van der Waals surface area contributed by atoms with Crippen LogP contribution in [0.4, 0.5) is 0 Å². The normalized spacial score (nSPS) is 26.5. The summed E-state index contributed by atoms with van der Waals surface area (Å²) < 4.78 is 0. The molecule has 15 heavy (non-hydrogen) atoms. The van der Waals surface area contributed by atoms with Gasteiger partial charge in [0, 0.05) is 6.61 Å². The first-order valence-electron chi connectivity index (χ1n) is 5.78. The number of aliphatic hydroxyl groups excluding tert-OH is 1. The van der Waals surface area contributed by atoms with E-state index < -0.39 is 0 Å². The number of hydrogen-bond donors (Lipinski definition) is 2. The molecule has 0 radical (unpaired) electrons. The van der Waals surface area contributed by atoms with Gasteiger partial charge in [0.25, 0.3) is 0 Å². The van der Waals surface area contributed by atoms with Crippen molar-refractivity contribution in [3.63, 3.8) is 0 Å². The summed E-state index contributed by atoms with van der Waals surface area (Å²) in [6.45, 7) is 2.44. The van der Waals surface area contributed by atoms with Crippen LogP contribution >= 0.6 is 0 Å². The summed E-state index contributed by atoms with van der Waals surface area (Å²) in [6.07, 6.45) is 2.10. The van der Waals surface area contributed by atoms with Crippen molar-refractivity contribution in [1.29, 1.82) is 0 Å². The summed E-state index contributed by atoms with van der Waals surface area (Å²) in [7, 11) is 0. The zero-order valence-corrected chi connectivity index (χ0v) is 9.02. The molecule has 2 N–H and O–H groups in total. The first-order chi connectivity index (χ1) is 7.42. The van der Waals surface area contributed by atoms with Gasteiger partial charge in [-0.15, -0.1) is 0 Å². The molecule has 1 aromatic carbocycles. The number of benzene rings is 1. The van der Waals surface area contributed by atoms with Crippen LogP contribution in [-0.4, -0.2) is 24.8 Å². The van der Waals surface area contributed by atoms with Gasteiger partial charge in [-0.2, -0.15) is 0 Å². The van der Waals surface area contributed by atoms with Gasteiger partial charge >= 0.3 is 0 Å². The largest absolute Gasteiger partial charge is 0.396 e. The van der Waals surface area contributed by atoms with E-state index >= 15 is 0 Å². The summed E-state index contributed by atoms with van der Waals surface area (Å²) in [5.74, 6) is 1.21. The van der Waals surface area contributed by atoms with Gasteiger partial charge in [0.05, 0.1) is 0 Å². The fraction of sp³-hybridized carbons (Fsp3) is 0.538. The predicted octanol–water partition coefficient (Wildman–Crippen LogP) is 1.76. The van der Waals surface area contributed by atoms with E-state index in [0.717, 1.165) is 19.5 Å². The molecule has 1 aliphatic heterocycles. The second-order valence-electron chi connectivity index (χ2n) is 4.28. The van der Waals surface area contributed by atoms with Gasteiger partial charge in [0.15, 0.2) is 0 Å². The van der Waals surface area contributed by atoms with E-state index in [1.54, 1.807) is 0 Å². The molecule has 1 saturated heterocycles. The molecule has 0 aliphatic carbocycles. The van der Waals surface area contributed by atoms with E-state index in [2.05, 4.69) is 35.6 Å². The van der Waals surface area contributed by atoms with Gasteiger partial charge in [0.2, 0.25) is 0 Å². The van der Waals surface area contributed by atoms with Crippen LogP contribution in [0.25, 0.3) is 0 Å². The first-order valence-corrected chi connectivity index (χ1v) is 5.78. The molecule has 1 aromatic rings. The third-order valence-electron chi connectivity index (χ3n) is 3.34. The van der Waals surface area contributed by atoms with Crippen molar-refractivity contribution in [3.05, 3.63) is 35.9 Å². The number of aliphatic hydroxyl groups is 1. The molecule has 2 nitrogen and oxygen atoms in total. The molecule has 0 bridgehead atoms. The Morgan fingerprint density at radius 3 is 2.80 bits per heavy atom. The number of rotatable bonds is 3. The highest BCUT2D eigenvalue weighted by Gasteiger charge is 2.25. The second-order valence-corrected chi connectivity index (χ2v) is 4.28. The van der Waals surface area contributed by atoms with Gasteiger partial charge in [0.1, 0.15) is 0 Å². The Hall–Kier alpha value is -0.860. The van der Waals surface area contributed by atoms with Crippen LogP contribution < -0.4 is 5.32 Å². The highest BCUT2D eigenvalue weighted by Crippen LogP contribution is 2.31. The van der Waals surface area contributed by atoms with Crippen molar-refractivity contribution in [2.75, 3.05) is 19.7 Å². The van der Waals surface area contributed by atoms with E-state index in [0.29, 0.717) is 18.4 Å². The molecule has 2 heteroatoms. The van der Waals surface area contributed by atoms with E-state index in [1.807, 2.05) is 0 Å². The average molecular weight is 205 g/mol. The minimum Gasteiger partial charge on any atom is -0.396 e. The van der Waals surface area contributed by atoms with Crippen LogP contribution in [0.5, 0.6) is 0 Å². The smallest absolute Gasteiger partial charge is 0.0434 e. The monoisotopic (exact) mass is 205 g/mol. The zero-order valence-electron chi connectivity index (χ0n) is 9.02. The number of nitrogens with one attached hydrogen (secondary N) is 1. The summed E-state index contributed by atoms with van der Waals surface area (Å²) >= 11 is 0. The molecule has 0 spiro atoms. The van der Waals surface area contributed by atoms with Crippen LogP contribution in [-0.2, 0) is 0 Å². The third kappa shape index (κ3) is 2.58.